The minimum Gasteiger partial charge on any atom is -0.496 e. The van der Waals surface area contributed by atoms with Crippen LogP contribution in [0.1, 0.15) is 18.9 Å². The fourth-order valence-electron chi connectivity index (χ4n) is 2.54. The zero-order valence-electron chi connectivity index (χ0n) is 13.3. The Morgan fingerprint density at radius 3 is 2.77 bits per heavy atom. The summed E-state index contributed by atoms with van der Waals surface area (Å²) < 4.78 is 7.38. The van der Waals surface area contributed by atoms with Crippen LogP contribution < -0.4 is 10.1 Å². The van der Waals surface area contributed by atoms with Gasteiger partial charge in [0.05, 0.1) is 18.5 Å². The molecule has 0 unspecified atom stereocenters. The number of fused-ring (bicyclic) bond motifs is 1. The second-order valence-corrected chi connectivity index (χ2v) is 5.42. The Morgan fingerprint density at radius 2 is 2.05 bits per heavy atom. The first-order valence-corrected chi connectivity index (χ1v) is 7.59. The third-order valence-electron chi connectivity index (χ3n) is 3.72. The third-order valence-corrected chi connectivity index (χ3v) is 3.72. The average molecular weight is 295 g/mol. The predicted octanol–water partition coefficient (Wildman–Crippen LogP) is 4.14. The Balaban J connectivity index is 1.96. The van der Waals surface area contributed by atoms with Crippen molar-refractivity contribution in [3.8, 4) is 17.0 Å². The Bertz CT molecular complexity index is 792. The lowest BCUT2D eigenvalue weighted by atomic mass is 10.1. The number of rotatable bonds is 5. The molecule has 0 atom stereocenters. The van der Waals surface area contributed by atoms with E-state index in [4.69, 9.17) is 9.72 Å². The SMILES string of the molecule is CCCNc1ccc2nc(-c3ccc(OC)c(C)c3)cn2c1. The highest BCUT2D eigenvalue weighted by Crippen LogP contribution is 2.26. The summed E-state index contributed by atoms with van der Waals surface area (Å²) in [5, 5.41) is 3.39. The van der Waals surface area contributed by atoms with E-state index in [2.05, 4.69) is 41.2 Å². The minimum atomic E-state index is 0.901. The standard InChI is InChI=1S/C18H21N3O/c1-4-9-19-15-6-8-18-20-16(12-21(18)11-15)14-5-7-17(22-3)13(2)10-14/h5-8,10-12,19H,4,9H2,1-3H3. The van der Waals surface area contributed by atoms with Gasteiger partial charge in [-0.3, -0.25) is 0 Å². The van der Waals surface area contributed by atoms with Gasteiger partial charge in [-0.15, -0.1) is 0 Å². The number of anilines is 1. The van der Waals surface area contributed by atoms with Gasteiger partial charge in [0.15, 0.2) is 0 Å². The van der Waals surface area contributed by atoms with E-state index >= 15 is 0 Å². The molecule has 4 heteroatoms. The van der Waals surface area contributed by atoms with Crippen molar-refractivity contribution < 1.29 is 4.74 Å². The first kappa shape index (κ1) is 14.4. The Labute approximate surface area is 130 Å². The summed E-state index contributed by atoms with van der Waals surface area (Å²) in [5.74, 6) is 0.901. The van der Waals surface area contributed by atoms with Gasteiger partial charge in [-0.25, -0.2) is 4.98 Å². The largest absolute Gasteiger partial charge is 0.496 e. The maximum Gasteiger partial charge on any atom is 0.137 e. The maximum atomic E-state index is 5.31. The maximum absolute atomic E-state index is 5.31. The molecule has 0 radical (unpaired) electrons. The molecule has 4 nitrogen and oxygen atoms in total. The molecule has 1 aromatic carbocycles. The van der Waals surface area contributed by atoms with Gasteiger partial charge in [0.25, 0.3) is 0 Å². The zero-order chi connectivity index (χ0) is 15.5. The quantitative estimate of drug-likeness (QED) is 0.769. The molecule has 1 N–H and O–H groups in total. The minimum absolute atomic E-state index is 0.901. The van der Waals surface area contributed by atoms with Crippen LogP contribution in [0.15, 0.2) is 42.7 Å². The number of aryl methyl sites for hydroxylation is 1. The smallest absolute Gasteiger partial charge is 0.137 e. The summed E-state index contributed by atoms with van der Waals surface area (Å²) in [5.41, 5.74) is 5.25. The molecule has 2 heterocycles. The van der Waals surface area contributed by atoms with E-state index in [9.17, 15) is 0 Å². The van der Waals surface area contributed by atoms with Gasteiger partial charge in [-0.05, 0) is 49.2 Å². The molecule has 0 bridgehead atoms. The molecule has 0 fully saturated rings. The molecule has 0 aliphatic rings. The lowest BCUT2D eigenvalue weighted by molar-refractivity contribution is 0.412. The number of hydrogen-bond donors (Lipinski definition) is 1. The Morgan fingerprint density at radius 1 is 1.18 bits per heavy atom. The van der Waals surface area contributed by atoms with Crippen molar-refractivity contribution in [3.05, 3.63) is 48.3 Å². The summed E-state index contributed by atoms with van der Waals surface area (Å²) in [4.78, 5) is 4.70. The number of nitrogens with one attached hydrogen (secondary N) is 1. The highest BCUT2D eigenvalue weighted by atomic mass is 16.5. The third kappa shape index (κ3) is 2.77. The van der Waals surface area contributed by atoms with Gasteiger partial charge in [0.2, 0.25) is 0 Å². The van der Waals surface area contributed by atoms with Crippen LogP contribution in [0.4, 0.5) is 5.69 Å². The van der Waals surface area contributed by atoms with E-state index in [0.717, 1.165) is 46.9 Å². The molecule has 0 aliphatic carbocycles. The lowest BCUT2D eigenvalue weighted by Gasteiger charge is -2.05. The molecule has 0 saturated carbocycles. The van der Waals surface area contributed by atoms with Crippen molar-refractivity contribution in [2.45, 2.75) is 20.3 Å². The van der Waals surface area contributed by atoms with Gasteiger partial charge >= 0.3 is 0 Å². The van der Waals surface area contributed by atoms with Gasteiger partial charge in [0, 0.05) is 24.5 Å². The second-order valence-electron chi connectivity index (χ2n) is 5.42. The predicted molar refractivity (Wildman–Crippen MR) is 90.7 cm³/mol. The van der Waals surface area contributed by atoms with Gasteiger partial charge < -0.3 is 14.5 Å². The summed E-state index contributed by atoms with van der Waals surface area (Å²) >= 11 is 0. The molecule has 2 aromatic heterocycles. The van der Waals surface area contributed by atoms with E-state index in [1.54, 1.807) is 7.11 Å². The number of pyridine rings is 1. The molecular formula is C18H21N3O. The van der Waals surface area contributed by atoms with Gasteiger partial charge in [0.1, 0.15) is 11.4 Å². The van der Waals surface area contributed by atoms with Crippen molar-refractivity contribution in [1.82, 2.24) is 9.38 Å². The van der Waals surface area contributed by atoms with Crippen molar-refractivity contribution in [3.63, 3.8) is 0 Å². The van der Waals surface area contributed by atoms with Gasteiger partial charge in [-0.2, -0.15) is 0 Å². The van der Waals surface area contributed by atoms with E-state index in [1.807, 2.05) is 25.1 Å². The number of imidazole rings is 1. The van der Waals surface area contributed by atoms with Crippen LogP contribution in [0.5, 0.6) is 5.75 Å². The molecule has 3 aromatic rings. The molecule has 3 rings (SSSR count). The highest BCUT2D eigenvalue weighted by Gasteiger charge is 2.07. The number of hydrogen-bond acceptors (Lipinski definition) is 3. The number of aromatic nitrogens is 2. The Kier molecular flexibility index (Phi) is 4.00. The lowest BCUT2D eigenvalue weighted by Crippen LogP contribution is -2.00. The first-order valence-electron chi connectivity index (χ1n) is 7.59. The topological polar surface area (TPSA) is 38.6 Å². The number of ether oxygens (including phenoxy) is 1. The summed E-state index contributed by atoms with van der Waals surface area (Å²) in [6.45, 7) is 5.18. The van der Waals surface area contributed by atoms with Crippen molar-refractivity contribution in [2.24, 2.45) is 0 Å². The van der Waals surface area contributed by atoms with Crippen LogP contribution in [0.2, 0.25) is 0 Å². The highest BCUT2D eigenvalue weighted by molar-refractivity contribution is 5.65. The van der Waals surface area contributed by atoms with Crippen LogP contribution in [0, 0.1) is 6.92 Å². The van der Waals surface area contributed by atoms with Crippen LogP contribution in [-0.2, 0) is 0 Å². The second kappa shape index (κ2) is 6.10. The zero-order valence-corrected chi connectivity index (χ0v) is 13.3. The van der Waals surface area contributed by atoms with Gasteiger partial charge in [-0.1, -0.05) is 6.92 Å². The van der Waals surface area contributed by atoms with E-state index < -0.39 is 0 Å². The van der Waals surface area contributed by atoms with E-state index in [0.29, 0.717) is 0 Å². The van der Waals surface area contributed by atoms with Crippen molar-refractivity contribution in [1.29, 1.82) is 0 Å². The van der Waals surface area contributed by atoms with Crippen LogP contribution >= 0.6 is 0 Å². The van der Waals surface area contributed by atoms with E-state index in [-0.39, 0.29) is 0 Å². The van der Waals surface area contributed by atoms with Crippen LogP contribution in [0.25, 0.3) is 16.9 Å². The normalized spacial score (nSPS) is 10.9. The molecule has 22 heavy (non-hydrogen) atoms. The first-order chi connectivity index (χ1) is 10.7. The molecule has 0 aliphatic heterocycles. The van der Waals surface area contributed by atoms with Crippen LogP contribution in [-0.4, -0.2) is 23.0 Å². The fraction of sp³-hybridized carbons (Fsp3) is 0.278. The van der Waals surface area contributed by atoms with Crippen molar-refractivity contribution in [2.75, 3.05) is 19.0 Å². The molecule has 0 saturated heterocycles. The van der Waals surface area contributed by atoms with Crippen LogP contribution in [0.3, 0.4) is 0 Å². The number of nitrogens with zero attached hydrogens (tertiary/aromatic N) is 2. The average Bonchev–Trinajstić information content (AvgIpc) is 2.96. The number of benzene rings is 1. The van der Waals surface area contributed by atoms with E-state index in [1.165, 1.54) is 0 Å². The summed E-state index contributed by atoms with van der Waals surface area (Å²) in [6.07, 6.45) is 5.25. The monoisotopic (exact) mass is 295 g/mol. The number of methoxy groups -OCH3 is 1. The van der Waals surface area contributed by atoms with Crippen molar-refractivity contribution >= 4 is 11.3 Å². The summed E-state index contributed by atoms with van der Waals surface area (Å²) in [6, 6.07) is 10.3. The molecule has 0 amide bonds. The Hall–Kier alpha value is -2.49. The summed E-state index contributed by atoms with van der Waals surface area (Å²) in [7, 11) is 1.69. The molecule has 0 spiro atoms. The fourth-order valence-corrected chi connectivity index (χ4v) is 2.54. The molecule has 114 valence electrons. The molecular weight excluding hydrogens is 274 g/mol.